The second-order valence-corrected chi connectivity index (χ2v) is 8.75. The van der Waals surface area contributed by atoms with E-state index in [1.165, 1.54) is 12.8 Å². The molecule has 1 aliphatic heterocycles. The van der Waals surface area contributed by atoms with Gasteiger partial charge in [-0.1, -0.05) is 44.4 Å². The summed E-state index contributed by atoms with van der Waals surface area (Å²) in [5.41, 5.74) is 3.09. The van der Waals surface area contributed by atoms with Gasteiger partial charge in [0.2, 0.25) is 5.91 Å². The molecule has 1 fully saturated rings. The fourth-order valence-corrected chi connectivity index (χ4v) is 4.48. The Morgan fingerprint density at radius 1 is 1.09 bits per heavy atom. The maximum absolute atomic E-state index is 13.7. The standard InChI is InChI=1S/C27H32N4O2/c1-2-3-4-7-14-29-26(32)21-9-8-17-31(19-21)27(33)23-18-25(20-12-15-28-16-13-20)30-24-11-6-5-10-22(23)24/h5-6,10-13,15-16,18,21H,2-4,7-9,14,17,19H2,1H3,(H,29,32). The summed E-state index contributed by atoms with van der Waals surface area (Å²) in [6.07, 6.45) is 9.64. The van der Waals surface area contributed by atoms with Gasteiger partial charge >= 0.3 is 0 Å². The Morgan fingerprint density at radius 2 is 1.91 bits per heavy atom. The number of para-hydroxylation sites is 1. The van der Waals surface area contributed by atoms with Gasteiger partial charge in [-0.3, -0.25) is 14.6 Å². The molecule has 0 bridgehead atoms. The van der Waals surface area contributed by atoms with Gasteiger partial charge in [-0.15, -0.1) is 0 Å². The summed E-state index contributed by atoms with van der Waals surface area (Å²) >= 11 is 0. The molecule has 4 rings (SSSR count). The predicted molar refractivity (Wildman–Crippen MR) is 131 cm³/mol. The largest absolute Gasteiger partial charge is 0.356 e. The lowest BCUT2D eigenvalue weighted by atomic mass is 9.95. The fourth-order valence-electron chi connectivity index (χ4n) is 4.48. The van der Waals surface area contributed by atoms with E-state index in [4.69, 9.17) is 4.98 Å². The lowest BCUT2D eigenvalue weighted by Crippen LogP contribution is -2.45. The zero-order valence-corrected chi connectivity index (χ0v) is 19.3. The van der Waals surface area contributed by atoms with E-state index in [1.54, 1.807) is 12.4 Å². The molecule has 0 aliphatic carbocycles. The van der Waals surface area contributed by atoms with Gasteiger partial charge in [-0.05, 0) is 43.5 Å². The molecule has 172 valence electrons. The van der Waals surface area contributed by atoms with E-state index in [-0.39, 0.29) is 17.7 Å². The summed E-state index contributed by atoms with van der Waals surface area (Å²) in [6.45, 7) is 4.02. The Morgan fingerprint density at radius 3 is 2.73 bits per heavy atom. The van der Waals surface area contributed by atoms with Crippen LogP contribution in [0.3, 0.4) is 0 Å². The van der Waals surface area contributed by atoms with Gasteiger partial charge < -0.3 is 10.2 Å². The molecule has 1 saturated heterocycles. The summed E-state index contributed by atoms with van der Waals surface area (Å²) in [7, 11) is 0. The first-order valence-electron chi connectivity index (χ1n) is 12.0. The van der Waals surface area contributed by atoms with Crippen molar-refractivity contribution in [3.63, 3.8) is 0 Å². The Labute approximate surface area is 195 Å². The van der Waals surface area contributed by atoms with Crippen molar-refractivity contribution in [2.24, 2.45) is 5.92 Å². The summed E-state index contributed by atoms with van der Waals surface area (Å²) in [6, 6.07) is 13.4. The molecule has 0 saturated carbocycles. The van der Waals surface area contributed by atoms with Crippen LogP contribution in [0.15, 0.2) is 54.9 Å². The molecule has 1 aromatic carbocycles. The first-order chi connectivity index (χ1) is 16.2. The van der Waals surface area contributed by atoms with Crippen LogP contribution in [0.2, 0.25) is 0 Å². The fraction of sp³-hybridized carbons (Fsp3) is 0.407. The van der Waals surface area contributed by atoms with E-state index in [1.807, 2.05) is 47.4 Å². The van der Waals surface area contributed by atoms with Crippen molar-refractivity contribution in [2.75, 3.05) is 19.6 Å². The molecular formula is C27H32N4O2. The quantitative estimate of drug-likeness (QED) is 0.504. The number of carbonyl (C=O) groups is 2. The summed E-state index contributed by atoms with van der Waals surface area (Å²) in [5, 5.41) is 3.91. The molecule has 1 unspecified atom stereocenters. The number of unbranched alkanes of at least 4 members (excludes halogenated alkanes) is 3. The van der Waals surface area contributed by atoms with Crippen molar-refractivity contribution in [1.82, 2.24) is 20.2 Å². The minimum absolute atomic E-state index is 0.0376. The van der Waals surface area contributed by atoms with Gasteiger partial charge in [0, 0.05) is 43.0 Å². The average Bonchev–Trinajstić information content (AvgIpc) is 2.88. The number of hydrogen-bond acceptors (Lipinski definition) is 4. The van der Waals surface area contributed by atoms with Crippen molar-refractivity contribution in [1.29, 1.82) is 0 Å². The van der Waals surface area contributed by atoms with Crippen molar-refractivity contribution < 1.29 is 9.59 Å². The third kappa shape index (κ3) is 5.56. The Bertz CT molecular complexity index is 1100. The molecule has 6 nitrogen and oxygen atoms in total. The average molecular weight is 445 g/mol. The second kappa shape index (κ2) is 11.0. The second-order valence-electron chi connectivity index (χ2n) is 8.75. The number of nitrogens with zero attached hydrogens (tertiary/aromatic N) is 3. The molecule has 33 heavy (non-hydrogen) atoms. The first-order valence-corrected chi connectivity index (χ1v) is 12.0. The van der Waals surface area contributed by atoms with Crippen LogP contribution >= 0.6 is 0 Å². The van der Waals surface area contributed by atoms with Gasteiger partial charge in [0.15, 0.2) is 0 Å². The first kappa shape index (κ1) is 22.9. The van der Waals surface area contributed by atoms with E-state index < -0.39 is 0 Å². The van der Waals surface area contributed by atoms with Gasteiger partial charge in [0.05, 0.1) is 22.7 Å². The smallest absolute Gasteiger partial charge is 0.254 e. The molecule has 1 N–H and O–H groups in total. The number of piperidine rings is 1. The van der Waals surface area contributed by atoms with Gasteiger partial charge in [-0.25, -0.2) is 4.98 Å². The van der Waals surface area contributed by atoms with Crippen LogP contribution in [0.5, 0.6) is 0 Å². The highest BCUT2D eigenvalue weighted by atomic mass is 16.2. The number of carbonyl (C=O) groups excluding carboxylic acids is 2. The SMILES string of the molecule is CCCCCCNC(=O)C1CCCN(C(=O)c2cc(-c3ccncc3)nc3ccccc23)C1. The normalized spacial score (nSPS) is 16.0. The minimum Gasteiger partial charge on any atom is -0.356 e. The number of aromatic nitrogens is 2. The monoisotopic (exact) mass is 444 g/mol. The number of rotatable bonds is 8. The van der Waals surface area contributed by atoms with Crippen LogP contribution in [-0.4, -0.2) is 46.3 Å². The number of pyridine rings is 2. The topological polar surface area (TPSA) is 75.2 Å². The summed E-state index contributed by atoms with van der Waals surface area (Å²) < 4.78 is 0. The minimum atomic E-state index is -0.151. The number of hydrogen-bond donors (Lipinski definition) is 1. The Hall–Kier alpha value is -3.28. The Balaban J connectivity index is 1.52. The third-order valence-corrected chi connectivity index (χ3v) is 6.33. The lowest BCUT2D eigenvalue weighted by molar-refractivity contribution is -0.126. The maximum Gasteiger partial charge on any atom is 0.254 e. The molecule has 2 aromatic heterocycles. The number of nitrogens with one attached hydrogen (secondary N) is 1. The molecule has 2 amide bonds. The Kier molecular flexibility index (Phi) is 7.66. The van der Waals surface area contributed by atoms with Gasteiger partial charge in [-0.2, -0.15) is 0 Å². The molecule has 1 aliphatic rings. The number of benzene rings is 1. The van der Waals surface area contributed by atoms with E-state index in [9.17, 15) is 9.59 Å². The predicted octanol–water partition coefficient (Wildman–Crippen LogP) is 4.85. The molecular weight excluding hydrogens is 412 g/mol. The van der Waals surface area contributed by atoms with Crippen LogP contribution in [0.4, 0.5) is 0 Å². The van der Waals surface area contributed by atoms with E-state index in [2.05, 4.69) is 17.2 Å². The molecule has 3 aromatic rings. The third-order valence-electron chi connectivity index (χ3n) is 6.33. The zero-order chi connectivity index (χ0) is 23.0. The van der Waals surface area contributed by atoms with Gasteiger partial charge in [0.25, 0.3) is 5.91 Å². The number of amides is 2. The van der Waals surface area contributed by atoms with E-state index >= 15 is 0 Å². The van der Waals surface area contributed by atoms with Gasteiger partial charge in [0.1, 0.15) is 0 Å². The number of fused-ring (bicyclic) bond motifs is 1. The molecule has 6 heteroatoms. The molecule has 3 heterocycles. The van der Waals surface area contributed by atoms with Crippen molar-refractivity contribution in [3.05, 3.63) is 60.4 Å². The zero-order valence-electron chi connectivity index (χ0n) is 19.3. The highest BCUT2D eigenvalue weighted by Gasteiger charge is 2.29. The lowest BCUT2D eigenvalue weighted by Gasteiger charge is -2.32. The van der Waals surface area contributed by atoms with Crippen molar-refractivity contribution in [3.8, 4) is 11.3 Å². The molecule has 1 atom stereocenters. The van der Waals surface area contributed by atoms with Crippen LogP contribution < -0.4 is 5.32 Å². The van der Waals surface area contributed by atoms with Crippen LogP contribution in [-0.2, 0) is 4.79 Å². The van der Waals surface area contributed by atoms with Crippen LogP contribution in [0, 0.1) is 5.92 Å². The van der Waals surface area contributed by atoms with E-state index in [0.29, 0.717) is 25.2 Å². The van der Waals surface area contributed by atoms with E-state index in [0.717, 1.165) is 47.8 Å². The summed E-state index contributed by atoms with van der Waals surface area (Å²) in [4.78, 5) is 37.1. The van der Waals surface area contributed by atoms with Crippen molar-refractivity contribution >= 4 is 22.7 Å². The molecule has 0 radical (unpaired) electrons. The molecule has 0 spiro atoms. The summed E-state index contributed by atoms with van der Waals surface area (Å²) in [5.74, 6) is -0.118. The van der Waals surface area contributed by atoms with Crippen LogP contribution in [0.25, 0.3) is 22.2 Å². The highest BCUT2D eigenvalue weighted by molar-refractivity contribution is 6.07. The van der Waals surface area contributed by atoms with Crippen molar-refractivity contribution in [2.45, 2.75) is 45.4 Å². The highest BCUT2D eigenvalue weighted by Crippen LogP contribution is 2.27. The number of likely N-dealkylation sites (tertiary alicyclic amines) is 1. The maximum atomic E-state index is 13.7. The van der Waals surface area contributed by atoms with Crippen LogP contribution in [0.1, 0.15) is 55.8 Å².